The lowest BCUT2D eigenvalue weighted by molar-refractivity contribution is 0.206. The summed E-state index contributed by atoms with van der Waals surface area (Å²) < 4.78 is 2.16. The van der Waals surface area contributed by atoms with E-state index in [2.05, 4.69) is 51.4 Å². The van der Waals surface area contributed by atoms with Gasteiger partial charge in [-0.05, 0) is 50.6 Å². The van der Waals surface area contributed by atoms with Crippen LogP contribution in [0.1, 0.15) is 42.8 Å². The summed E-state index contributed by atoms with van der Waals surface area (Å²) in [4.78, 5) is 21.6. The van der Waals surface area contributed by atoms with E-state index in [1.807, 2.05) is 18.5 Å². The van der Waals surface area contributed by atoms with Crippen LogP contribution in [0, 0.1) is 0 Å². The SMILES string of the molecule is CCN1CCN(c2nccc3nc(CN(C)[C@H]4CCCc5cccnc54)cn23)CC1. The van der Waals surface area contributed by atoms with Gasteiger partial charge in [-0.15, -0.1) is 0 Å². The molecular formula is C23H31N7. The molecule has 5 rings (SSSR count). The number of hydrogen-bond donors (Lipinski definition) is 0. The summed E-state index contributed by atoms with van der Waals surface area (Å²) in [5, 5.41) is 0. The van der Waals surface area contributed by atoms with Gasteiger partial charge in [-0.1, -0.05) is 13.0 Å². The first-order valence-corrected chi connectivity index (χ1v) is 11.2. The van der Waals surface area contributed by atoms with Crippen molar-refractivity contribution in [2.24, 2.45) is 0 Å². The van der Waals surface area contributed by atoms with Crippen molar-refractivity contribution in [3.05, 3.63) is 53.7 Å². The minimum atomic E-state index is 0.361. The Bertz CT molecular complexity index is 1010. The van der Waals surface area contributed by atoms with Crippen molar-refractivity contribution in [1.82, 2.24) is 29.2 Å². The molecule has 4 heterocycles. The van der Waals surface area contributed by atoms with Gasteiger partial charge in [-0.2, -0.15) is 0 Å². The van der Waals surface area contributed by atoms with Crippen LogP contribution in [0.5, 0.6) is 0 Å². The third-order valence-electron chi connectivity index (χ3n) is 6.62. The molecule has 0 unspecified atom stereocenters. The third-order valence-corrected chi connectivity index (χ3v) is 6.62. The average molecular weight is 406 g/mol. The van der Waals surface area contributed by atoms with Gasteiger partial charge < -0.3 is 9.80 Å². The molecule has 1 saturated heterocycles. The molecule has 0 bridgehead atoms. The van der Waals surface area contributed by atoms with Crippen molar-refractivity contribution in [1.29, 1.82) is 0 Å². The lowest BCUT2D eigenvalue weighted by atomic mass is 9.91. The fourth-order valence-corrected chi connectivity index (χ4v) is 4.91. The van der Waals surface area contributed by atoms with E-state index >= 15 is 0 Å². The van der Waals surface area contributed by atoms with E-state index in [4.69, 9.17) is 15.0 Å². The number of nitrogens with zero attached hydrogens (tertiary/aromatic N) is 7. The standard InChI is InChI=1S/C23H31N7/c1-3-28-12-14-29(15-13-28)23-25-11-9-21-26-19(17-30(21)23)16-27(2)20-8-4-6-18-7-5-10-24-22(18)20/h5,7,9-11,17,20H,3-4,6,8,12-16H2,1-2H3/t20-/m0/s1. The van der Waals surface area contributed by atoms with Crippen LogP contribution in [0.2, 0.25) is 0 Å². The molecule has 1 aliphatic carbocycles. The van der Waals surface area contributed by atoms with Crippen molar-refractivity contribution in [3.8, 4) is 0 Å². The molecule has 2 aliphatic rings. The molecule has 30 heavy (non-hydrogen) atoms. The topological polar surface area (TPSA) is 52.8 Å². The van der Waals surface area contributed by atoms with Gasteiger partial charge in [0.1, 0.15) is 5.65 Å². The molecule has 0 aromatic carbocycles. The first-order chi connectivity index (χ1) is 14.7. The van der Waals surface area contributed by atoms with Crippen molar-refractivity contribution in [2.75, 3.05) is 44.7 Å². The highest BCUT2D eigenvalue weighted by atomic mass is 15.3. The molecule has 3 aromatic rings. The zero-order valence-electron chi connectivity index (χ0n) is 18.0. The maximum Gasteiger partial charge on any atom is 0.211 e. The number of pyridine rings is 1. The minimum absolute atomic E-state index is 0.361. The molecule has 0 amide bonds. The molecule has 1 aliphatic heterocycles. The Labute approximate surface area is 178 Å². The maximum atomic E-state index is 4.91. The van der Waals surface area contributed by atoms with Crippen LogP contribution in [0.3, 0.4) is 0 Å². The van der Waals surface area contributed by atoms with Gasteiger partial charge in [0.15, 0.2) is 0 Å². The van der Waals surface area contributed by atoms with Crippen LogP contribution in [0.4, 0.5) is 5.95 Å². The smallest absolute Gasteiger partial charge is 0.211 e. The Kier molecular flexibility index (Phi) is 5.39. The van der Waals surface area contributed by atoms with Crippen LogP contribution in [-0.2, 0) is 13.0 Å². The number of fused-ring (bicyclic) bond motifs is 2. The number of aromatic nitrogens is 4. The Balaban J connectivity index is 1.36. The van der Waals surface area contributed by atoms with Crippen molar-refractivity contribution in [2.45, 2.75) is 38.8 Å². The van der Waals surface area contributed by atoms with E-state index in [0.29, 0.717) is 6.04 Å². The van der Waals surface area contributed by atoms with Crippen LogP contribution in [0.15, 0.2) is 36.8 Å². The number of hydrogen-bond acceptors (Lipinski definition) is 6. The van der Waals surface area contributed by atoms with E-state index < -0.39 is 0 Å². The number of anilines is 1. The highest BCUT2D eigenvalue weighted by molar-refractivity contribution is 5.48. The lowest BCUT2D eigenvalue weighted by Gasteiger charge is -2.34. The Hall–Kier alpha value is -2.51. The van der Waals surface area contributed by atoms with E-state index in [9.17, 15) is 0 Å². The summed E-state index contributed by atoms with van der Waals surface area (Å²) in [5.41, 5.74) is 4.70. The largest absolute Gasteiger partial charge is 0.339 e. The summed E-state index contributed by atoms with van der Waals surface area (Å²) in [6, 6.07) is 6.65. The normalized spacial score (nSPS) is 20.1. The second-order valence-corrected chi connectivity index (χ2v) is 8.50. The molecule has 0 N–H and O–H groups in total. The second kappa shape index (κ2) is 8.32. The zero-order chi connectivity index (χ0) is 20.5. The lowest BCUT2D eigenvalue weighted by Crippen LogP contribution is -2.47. The zero-order valence-corrected chi connectivity index (χ0v) is 18.0. The van der Waals surface area contributed by atoms with E-state index in [1.165, 1.54) is 17.7 Å². The quantitative estimate of drug-likeness (QED) is 0.651. The monoisotopic (exact) mass is 405 g/mol. The fourth-order valence-electron chi connectivity index (χ4n) is 4.91. The molecule has 0 spiro atoms. The first-order valence-electron chi connectivity index (χ1n) is 11.2. The van der Waals surface area contributed by atoms with Gasteiger partial charge in [0.05, 0.1) is 17.4 Å². The number of rotatable bonds is 5. The van der Waals surface area contributed by atoms with Gasteiger partial charge in [-0.3, -0.25) is 14.3 Å². The Morgan fingerprint density at radius 3 is 2.80 bits per heavy atom. The van der Waals surface area contributed by atoms with E-state index in [0.717, 1.165) is 69.4 Å². The molecule has 158 valence electrons. The summed E-state index contributed by atoms with van der Waals surface area (Å²) in [6.07, 6.45) is 9.49. The predicted molar refractivity (Wildman–Crippen MR) is 119 cm³/mol. The molecular weight excluding hydrogens is 374 g/mol. The second-order valence-electron chi connectivity index (χ2n) is 8.50. The highest BCUT2D eigenvalue weighted by Gasteiger charge is 2.26. The van der Waals surface area contributed by atoms with E-state index in [1.54, 1.807) is 0 Å². The predicted octanol–water partition coefficient (Wildman–Crippen LogP) is 2.78. The van der Waals surface area contributed by atoms with E-state index in [-0.39, 0.29) is 0 Å². The average Bonchev–Trinajstić information content (AvgIpc) is 3.21. The van der Waals surface area contributed by atoms with Gasteiger partial charge >= 0.3 is 0 Å². The van der Waals surface area contributed by atoms with Crippen LogP contribution in [-0.4, -0.2) is 68.9 Å². The minimum Gasteiger partial charge on any atom is -0.339 e. The summed E-state index contributed by atoms with van der Waals surface area (Å²) in [5.74, 6) is 1.01. The molecule has 0 radical (unpaired) electrons. The maximum absolute atomic E-state index is 4.91. The molecule has 0 saturated carbocycles. The molecule has 7 heteroatoms. The van der Waals surface area contributed by atoms with Gasteiger partial charge in [0.2, 0.25) is 5.95 Å². The van der Waals surface area contributed by atoms with Crippen molar-refractivity contribution >= 4 is 11.6 Å². The van der Waals surface area contributed by atoms with Crippen LogP contribution < -0.4 is 4.90 Å². The summed E-state index contributed by atoms with van der Waals surface area (Å²) in [6.45, 7) is 8.36. The summed E-state index contributed by atoms with van der Waals surface area (Å²) >= 11 is 0. The number of likely N-dealkylation sites (N-methyl/N-ethyl adjacent to an activating group) is 1. The highest BCUT2D eigenvalue weighted by Crippen LogP contribution is 2.32. The molecule has 7 nitrogen and oxygen atoms in total. The van der Waals surface area contributed by atoms with Crippen LogP contribution in [0.25, 0.3) is 5.65 Å². The Morgan fingerprint density at radius 1 is 1.10 bits per heavy atom. The molecule has 1 fully saturated rings. The van der Waals surface area contributed by atoms with Crippen molar-refractivity contribution in [3.63, 3.8) is 0 Å². The summed E-state index contributed by atoms with van der Waals surface area (Å²) in [7, 11) is 2.20. The number of piperazine rings is 1. The number of imidazole rings is 1. The Morgan fingerprint density at radius 2 is 1.97 bits per heavy atom. The molecule has 1 atom stereocenters. The van der Waals surface area contributed by atoms with Gasteiger partial charge in [-0.25, -0.2) is 9.97 Å². The van der Waals surface area contributed by atoms with Crippen LogP contribution >= 0.6 is 0 Å². The van der Waals surface area contributed by atoms with Gasteiger partial charge in [0.25, 0.3) is 0 Å². The molecule has 3 aromatic heterocycles. The third kappa shape index (κ3) is 3.68. The first kappa shape index (κ1) is 19.5. The fraction of sp³-hybridized carbons (Fsp3) is 0.522. The van der Waals surface area contributed by atoms with Gasteiger partial charge in [0, 0.05) is 51.3 Å². The van der Waals surface area contributed by atoms with Crippen molar-refractivity contribution < 1.29 is 0 Å². The number of aryl methyl sites for hydroxylation is 1.